The fourth-order valence-corrected chi connectivity index (χ4v) is 1.60. The molecule has 14 heavy (non-hydrogen) atoms. The summed E-state index contributed by atoms with van der Waals surface area (Å²) in [6.07, 6.45) is 0.239. The van der Waals surface area contributed by atoms with Crippen molar-refractivity contribution in [3.63, 3.8) is 0 Å². The molecule has 0 aromatic heterocycles. The Labute approximate surface area is 91.4 Å². The first-order chi connectivity index (χ1) is 6.54. The third-order valence-electron chi connectivity index (χ3n) is 1.91. The minimum atomic E-state index is -0.268. The quantitative estimate of drug-likeness (QED) is 0.652. The number of ether oxygens (including phenoxy) is 1. The monoisotopic (exact) mass is 257 g/mol. The molecule has 0 heterocycles. The molecule has 3 nitrogen and oxygen atoms in total. The summed E-state index contributed by atoms with van der Waals surface area (Å²) in [5, 5.41) is 0. The maximum absolute atomic E-state index is 11.1. The van der Waals surface area contributed by atoms with E-state index in [1.165, 1.54) is 7.11 Å². The van der Waals surface area contributed by atoms with Crippen LogP contribution in [-0.2, 0) is 16.0 Å². The third kappa shape index (κ3) is 2.48. The summed E-state index contributed by atoms with van der Waals surface area (Å²) in [7, 11) is 1.37. The molecule has 0 atom stereocenters. The highest BCUT2D eigenvalue weighted by molar-refractivity contribution is 9.10. The summed E-state index contributed by atoms with van der Waals surface area (Å²) >= 11 is 3.41. The van der Waals surface area contributed by atoms with Gasteiger partial charge in [-0.2, -0.15) is 0 Å². The molecule has 0 saturated heterocycles. The summed E-state index contributed by atoms with van der Waals surface area (Å²) in [4.78, 5) is 11.1. The highest BCUT2D eigenvalue weighted by Crippen LogP contribution is 2.24. The number of halogens is 1. The first-order valence-electron chi connectivity index (χ1n) is 4.16. The number of hydrogen-bond donors (Lipinski definition) is 1. The van der Waals surface area contributed by atoms with Crippen LogP contribution in [0.3, 0.4) is 0 Å². The molecule has 4 heteroatoms. The number of rotatable bonds is 2. The molecule has 0 fully saturated rings. The lowest BCUT2D eigenvalue weighted by molar-refractivity contribution is -0.139. The number of nitrogens with two attached hydrogens (primary N) is 1. The van der Waals surface area contributed by atoms with Gasteiger partial charge in [-0.25, -0.2) is 0 Å². The number of benzene rings is 1. The van der Waals surface area contributed by atoms with Crippen LogP contribution in [0.25, 0.3) is 0 Å². The fraction of sp³-hybridized carbons (Fsp3) is 0.300. The first-order valence-corrected chi connectivity index (χ1v) is 4.95. The van der Waals surface area contributed by atoms with Gasteiger partial charge >= 0.3 is 5.97 Å². The smallest absolute Gasteiger partial charge is 0.310 e. The Morgan fingerprint density at radius 2 is 2.21 bits per heavy atom. The van der Waals surface area contributed by atoms with Crippen LogP contribution in [0.15, 0.2) is 16.6 Å². The lowest BCUT2D eigenvalue weighted by atomic mass is 10.1. The lowest BCUT2D eigenvalue weighted by Crippen LogP contribution is -2.06. The Kier molecular flexibility index (Phi) is 3.52. The lowest BCUT2D eigenvalue weighted by Gasteiger charge is -2.07. The van der Waals surface area contributed by atoms with Crippen LogP contribution >= 0.6 is 15.9 Å². The van der Waals surface area contributed by atoms with Crippen LogP contribution in [0.2, 0.25) is 0 Å². The van der Waals surface area contributed by atoms with Gasteiger partial charge in [-0.05, 0) is 30.2 Å². The van der Waals surface area contributed by atoms with Crippen LogP contribution in [0, 0.1) is 6.92 Å². The SMILES string of the molecule is COC(=O)Cc1cc(N)cc(C)c1Br. The van der Waals surface area contributed by atoms with Gasteiger partial charge in [-0.3, -0.25) is 4.79 Å². The van der Waals surface area contributed by atoms with Crippen LogP contribution in [-0.4, -0.2) is 13.1 Å². The molecule has 1 aromatic carbocycles. The van der Waals surface area contributed by atoms with Crippen LogP contribution in [0.5, 0.6) is 0 Å². The normalized spacial score (nSPS) is 9.93. The van der Waals surface area contributed by atoms with Gasteiger partial charge in [-0.1, -0.05) is 15.9 Å². The molecule has 1 aromatic rings. The van der Waals surface area contributed by atoms with Crippen molar-refractivity contribution in [2.24, 2.45) is 0 Å². The second kappa shape index (κ2) is 4.46. The van der Waals surface area contributed by atoms with Gasteiger partial charge in [0.2, 0.25) is 0 Å². The standard InChI is InChI=1S/C10H12BrNO2/c1-6-3-8(12)4-7(10(6)11)5-9(13)14-2/h3-4H,5,12H2,1-2H3. The van der Waals surface area contributed by atoms with Gasteiger partial charge in [0, 0.05) is 10.2 Å². The second-order valence-electron chi connectivity index (χ2n) is 3.06. The van der Waals surface area contributed by atoms with E-state index in [9.17, 15) is 4.79 Å². The molecule has 0 aliphatic heterocycles. The van der Waals surface area contributed by atoms with Gasteiger partial charge in [0.25, 0.3) is 0 Å². The number of anilines is 1. The Balaban J connectivity index is 3.02. The van der Waals surface area contributed by atoms with E-state index in [-0.39, 0.29) is 12.4 Å². The summed E-state index contributed by atoms with van der Waals surface area (Å²) in [5.41, 5.74) is 8.20. The van der Waals surface area contributed by atoms with Gasteiger partial charge in [0.15, 0.2) is 0 Å². The number of hydrogen-bond acceptors (Lipinski definition) is 3. The molecule has 0 aliphatic carbocycles. The van der Waals surface area contributed by atoms with Crippen molar-refractivity contribution >= 4 is 27.6 Å². The van der Waals surface area contributed by atoms with Gasteiger partial charge in [-0.15, -0.1) is 0 Å². The number of carbonyl (C=O) groups is 1. The largest absolute Gasteiger partial charge is 0.469 e. The highest BCUT2D eigenvalue weighted by Gasteiger charge is 2.09. The van der Waals surface area contributed by atoms with Crippen molar-refractivity contribution in [1.82, 2.24) is 0 Å². The van der Waals surface area contributed by atoms with Crippen molar-refractivity contribution in [3.8, 4) is 0 Å². The molecule has 0 unspecified atom stereocenters. The summed E-state index contributed by atoms with van der Waals surface area (Å²) < 4.78 is 5.50. The van der Waals surface area contributed by atoms with Gasteiger partial charge in [0.1, 0.15) is 0 Å². The summed E-state index contributed by atoms with van der Waals surface area (Å²) in [5.74, 6) is -0.268. The fourth-order valence-electron chi connectivity index (χ4n) is 1.23. The van der Waals surface area contributed by atoms with Crippen molar-refractivity contribution in [1.29, 1.82) is 0 Å². The van der Waals surface area contributed by atoms with Crippen LogP contribution in [0.4, 0.5) is 5.69 Å². The molecule has 0 saturated carbocycles. The molecule has 76 valence electrons. The number of aryl methyl sites for hydroxylation is 1. The molecule has 0 aliphatic rings. The summed E-state index contributed by atoms with van der Waals surface area (Å²) in [6, 6.07) is 3.62. The van der Waals surface area contributed by atoms with Crippen molar-refractivity contribution in [2.45, 2.75) is 13.3 Å². The molecule has 0 bridgehead atoms. The van der Waals surface area contributed by atoms with Gasteiger partial charge < -0.3 is 10.5 Å². The average Bonchev–Trinajstić information content (AvgIpc) is 2.13. The predicted molar refractivity (Wildman–Crippen MR) is 59.0 cm³/mol. The Bertz CT molecular complexity index is 363. The number of carbonyl (C=O) groups excluding carboxylic acids is 1. The highest BCUT2D eigenvalue weighted by atomic mass is 79.9. The zero-order valence-electron chi connectivity index (χ0n) is 8.13. The molecule has 1 rings (SSSR count). The Morgan fingerprint density at radius 1 is 1.57 bits per heavy atom. The minimum Gasteiger partial charge on any atom is -0.469 e. The van der Waals surface area contributed by atoms with E-state index in [2.05, 4.69) is 20.7 Å². The van der Waals surface area contributed by atoms with Crippen molar-refractivity contribution in [3.05, 3.63) is 27.7 Å². The number of esters is 1. The maximum atomic E-state index is 11.1. The zero-order valence-corrected chi connectivity index (χ0v) is 9.72. The summed E-state index contributed by atoms with van der Waals surface area (Å²) in [6.45, 7) is 1.93. The number of nitrogen functional groups attached to an aromatic ring is 1. The predicted octanol–water partition coefficient (Wildman–Crippen LogP) is 2.06. The third-order valence-corrected chi connectivity index (χ3v) is 3.05. The molecule has 0 radical (unpaired) electrons. The van der Waals surface area contributed by atoms with Crippen molar-refractivity contribution < 1.29 is 9.53 Å². The van der Waals surface area contributed by atoms with E-state index in [0.717, 1.165) is 15.6 Å². The van der Waals surface area contributed by atoms with Crippen LogP contribution in [0.1, 0.15) is 11.1 Å². The zero-order chi connectivity index (χ0) is 10.7. The molecule has 0 spiro atoms. The van der Waals surface area contributed by atoms with E-state index in [1.807, 2.05) is 13.0 Å². The minimum absolute atomic E-state index is 0.239. The Morgan fingerprint density at radius 3 is 2.79 bits per heavy atom. The van der Waals surface area contributed by atoms with E-state index < -0.39 is 0 Å². The van der Waals surface area contributed by atoms with Crippen molar-refractivity contribution in [2.75, 3.05) is 12.8 Å². The molecular weight excluding hydrogens is 246 g/mol. The molecule has 2 N–H and O–H groups in total. The average molecular weight is 258 g/mol. The number of methoxy groups -OCH3 is 1. The van der Waals surface area contributed by atoms with Crippen LogP contribution < -0.4 is 5.73 Å². The van der Waals surface area contributed by atoms with E-state index in [0.29, 0.717) is 5.69 Å². The maximum Gasteiger partial charge on any atom is 0.310 e. The van der Waals surface area contributed by atoms with E-state index in [4.69, 9.17) is 5.73 Å². The topological polar surface area (TPSA) is 52.3 Å². The Hall–Kier alpha value is -1.03. The second-order valence-corrected chi connectivity index (χ2v) is 3.86. The van der Waals surface area contributed by atoms with Gasteiger partial charge in [0.05, 0.1) is 13.5 Å². The van der Waals surface area contributed by atoms with E-state index in [1.54, 1.807) is 6.07 Å². The first kappa shape index (κ1) is 11.0. The molecule has 0 amide bonds. The molecular formula is C10H12BrNO2. The van der Waals surface area contributed by atoms with E-state index >= 15 is 0 Å².